The fraction of sp³-hybridized carbons (Fsp3) is 0.111. The highest BCUT2D eigenvalue weighted by molar-refractivity contribution is 8.26. The number of hydrogen-bond donors (Lipinski definition) is 1. The lowest BCUT2D eigenvalue weighted by molar-refractivity contribution is -0.115. The lowest BCUT2D eigenvalue weighted by atomic mass is 10.1. The van der Waals surface area contributed by atoms with Crippen LogP contribution in [0.4, 0.5) is 8.78 Å². The van der Waals surface area contributed by atoms with E-state index in [0.717, 1.165) is 17.7 Å². The van der Waals surface area contributed by atoms with Crippen molar-refractivity contribution in [2.45, 2.75) is 6.61 Å². The van der Waals surface area contributed by atoms with Gasteiger partial charge in [-0.25, -0.2) is 8.78 Å². The van der Waals surface area contributed by atoms with E-state index in [4.69, 9.17) is 21.7 Å². The molecule has 4 nitrogen and oxygen atoms in total. The first-order valence-corrected chi connectivity index (χ1v) is 8.68. The fourth-order valence-electron chi connectivity index (χ4n) is 2.32. The molecule has 134 valence electrons. The number of amides is 1. The molecule has 0 aromatic heterocycles. The van der Waals surface area contributed by atoms with E-state index in [0.29, 0.717) is 20.5 Å². The van der Waals surface area contributed by atoms with Crippen LogP contribution in [0.25, 0.3) is 6.08 Å². The summed E-state index contributed by atoms with van der Waals surface area (Å²) in [7, 11) is 1.51. The zero-order valence-corrected chi connectivity index (χ0v) is 15.2. The number of nitrogens with one attached hydrogen (secondary N) is 1. The number of methoxy groups -OCH3 is 1. The Morgan fingerprint density at radius 1 is 1.19 bits per heavy atom. The molecule has 1 fully saturated rings. The molecule has 8 heteroatoms. The van der Waals surface area contributed by atoms with Gasteiger partial charge in [0, 0.05) is 11.6 Å². The molecule has 0 bridgehead atoms. The maximum atomic E-state index is 13.7. The van der Waals surface area contributed by atoms with E-state index in [2.05, 4.69) is 5.32 Å². The number of ether oxygens (including phenoxy) is 2. The van der Waals surface area contributed by atoms with Gasteiger partial charge in [-0.15, -0.1) is 0 Å². The quantitative estimate of drug-likeness (QED) is 0.614. The molecule has 3 rings (SSSR count). The van der Waals surface area contributed by atoms with E-state index >= 15 is 0 Å². The minimum absolute atomic E-state index is 0.0144. The Balaban J connectivity index is 1.83. The second kappa shape index (κ2) is 7.84. The minimum Gasteiger partial charge on any atom is -0.496 e. The van der Waals surface area contributed by atoms with Crippen LogP contribution < -0.4 is 14.8 Å². The van der Waals surface area contributed by atoms with Crippen molar-refractivity contribution in [1.29, 1.82) is 0 Å². The van der Waals surface area contributed by atoms with E-state index in [-0.39, 0.29) is 18.3 Å². The lowest BCUT2D eigenvalue weighted by Crippen LogP contribution is -2.17. The molecule has 1 amide bonds. The van der Waals surface area contributed by atoms with Crippen LogP contribution in [0.5, 0.6) is 11.5 Å². The summed E-state index contributed by atoms with van der Waals surface area (Å²) in [6.45, 7) is 0.0144. The average molecular weight is 393 g/mol. The molecular formula is C18H13F2NO3S2. The van der Waals surface area contributed by atoms with Crippen molar-refractivity contribution >= 4 is 40.3 Å². The van der Waals surface area contributed by atoms with E-state index in [1.165, 1.54) is 24.9 Å². The summed E-state index contributed by atoms with van der Waals surface area (Å²) in [4.78, 5) is 12.2. The Kier molecular flexibility index (Phi) is 5.53. The standard InChI is InChI=1S/C18H13F2NO3S2/c1-23-14-4-2-10(7-16-17(22)21-18(25)26-16)6-11(14)9-24-15-5-3-12(19)8-13(15)20/h2-8H,9H2,1H3,(H,21,22,25)/b16-7-. The molecule has 1 heterocycles. The van der Waals surface area contributed by atoms with Gasteiger partial charge in [0.1, 0.15) is 22.5 Å². The second-order valence-corrected chi connectivity index (χ2v) is 7.01. The third-order valence-electron chi connectivity index (χ3n) is 3.52. The number of hydrogen-bond acceptors (Lipinski definition) is 5. The molecule has 0 saturated carbocycles. The van der Waals surface area contributed by atoms with Gasteiger partial charge in [0.05, 0.1) is 12.0 Å². The molecule has 0 unspecified atom stereocenters. The Hall–Kier alpha value is -2.45. The fourth-order valence-corrected chi connectivity index (χ4v) is 3.37. The summed E-state index contributed by atoms with van der Waals surface area (Å²) in [5, 5.41) is 2.55. The summed E-state index contributed by atoms with van der Waals surface area (Å²) in [6, 6.07) is 8.37. The molecule has 26 heavy (non-hydrogen) atoms. The van der Waals surface area contributed by atoms with Crippen LogP contribution in [0.3, 0.4) is 0 Å². The third-order valence-corrected chi connectivity index (χ3v) is 4.68. The summed E-state index contributed by atoms with van der Waals surface area (Å²) in [5.74, 6) is -1.22. The first kappa shape index (κ1) is 18.3. The van der Waals surface area contributed by atoms with Gasteiger partial charge in [-0.1, -0.05) is 30.0 Å². The van der Waals surface area contributed by atoms with Crippen molar-refractivity contribution in [1.82, 2.24) is 5.32 Å². The highest BCUT2D eigenvalue weighted by Gasteiger charge is 2.22. The molecule has 1 aliphatic rings. The molecule has 1 N–H and O–H groups in total. The number of thioether (sulfide) groups is 1. The first-order chi connectivity index (χ1) is 12.5. The lowest BCUT2D eigenvalue weighted by Gasteiger charge is -2.12. The van der Waals surface area contributed by atoms with E-state index in [1.807, 2.05) is 0 Å². The Bertz CT molecular complexity index is 915. The number of carbonyl (C=O) groups is 1. The molecule has 0 spiro atoms. The zero-order chi connectivity index (χ0) is 18.7. The molecule has 1 aliphatic heterocycles. The van der Waals surface area contributed by atoms with E-state index < -0.39 is 11.6 Å². The second-order valence-electron chi connectivity index (χ2n) is 5.29. The van der Waals surface area contributed by atoms with Crippen molar-refractivity contribution in [3.63, 3.8) is 0 Å². The van der Waals surface area contributed by atoms with Crippen LogP contribution in [0.1, 0.15) is 11.1 Å². The largest absolute Gasteiger partial charge is 0.496 e. The number of thiocarbonyl (C=S) groups is 1. The predicted octanol–water partition coefficient (Wildman–Crippen LogP) is 4.04. The third kappa shape index (κ3) is 4.20. The maximum Gasteiger partial charge on any atom is 0.263 e. The smallest absolute Gasteiger partial charge is 0.263 e. The highest BCUT2D eigenvalue weighted by Crippen LogP contribution is 2.29. The molecule has 0 radical (unpaired) electrons. The Morgan fingerprint density at radius 3 is 2.62 bits per heavy atom. The Labute approximate surface area is 158 Å². The zero-order valence-electron chi connectivity index (χ0n) is 13.5. The molecule has 0 atom stereocenters. The van der Waals surface area contributed by atoms with Crippen LogP contribution in [-0.2, 0) is 11.4 Å². The van der Waals surface area contributed by atoms with Gasteiger partial charge in [-0.2, -0.15) is 0 Å². The van der Waals surface area contributed by atoms with Gasteiger partial charge in [-0.05, 0) is 35.9 Å². The van der Waals surface area contributed by atoms with Gasteiger partial charge >= 0.3 is 0 Å². The van der Waals surface area contributed by atoms with Gasteiger partial charge < -0.3 is 14.8 Å². The van der Waals surface area contributed by atoms with E-state index in [1.54, 1.807) is 24.3 Å². The summed E-state index contributed by atoms with van der Waals surface area (Å²) >= 11 is 6.14. The maximum absolute atomic E-state index is 13.7. The first-order valence-electron chi connectivity index (χ1n) is 7.46. The van der Waals surface area contributed by atoms with Crippen LogP contribution in [0.2, 0.25) is 0 Å². The summed E-state index contributed by atoms with van der Waals surface area (Å²) < 4.78 is 37.8. The summed E-state index contributed by atoms with van der Waals surface area (Å²) in [6.07, 6.45) is 1.70. The number of halogens is 2. The number of carbonyl (C=O) groups excluding carboxylic acids is 1. The van der Waals surface area contributed by atoms with Crippen molar-refractivity contribution in [2.75, 3.05) is 7.11 Å². The van der Waals surface area contributed by atoms with Gasteiger partial charge in [0.2, 0.25) is 0 Å². The minimum atomic E-state index is -0.783. The van der Waals surface area contributed by atoms with Crippen molar-refractivity contribution < 1.29 is 23.0 Å². The van der Waals surface area contributed by atoms with Crippen molar-refractivity contribution in [3.8, 4) is 11.5 Å². The van der Waals surface area contributed by atoms with Gasteiger partial charge in [0.25, 0.3) is 5.91 Å². The number of benzene rings is 2. The topological polar surface area (TPSA) is 47.6 Å². The Morgan fingerprint density at radius 2 is 1.96 bits per heavy atom. The van der Waals surface area contributed by atoms with Crippen molar-refractivity contribution in [2.24, 2.45) is 0 Å². The SMILES string of the molecule is COc1ccc(/C=C2\SC(=S)NC2=O)cc1COc1ccc(F)cc1F. The molecular weight excluding hydrogens is 380 g/mol. The van der Waals surface area contributed by atoms with Gasteiger partial charge in [-0.3, -0.25) is 4.79 Å². The molecule has 2 aromatic rings. The highest BCUT2D eigenvalue weighted by atomic mass is 32.2. The monoisotopic (exact) mass is 393 g/mol. The molecule has 2 aromatic carbocycles. The average Bonchev–Trinajstić information content (AvgIpc) is 2.91. The van der Waals surface area contributed by atoms with Gasteiger partial charge in [0.15, 0.2) is 11.6 Å². The van der Waals surface area contributed by atoms with E-state index in [9.17, 15) is 13.6 Å². The van der Waals surface area contributed by atoms with Crippen LogP contribution in [0, 0.1) is 11.6 Å². The number of rotatable bonds is 5. The van der Waals surface area contributed by atoms with Crippen LogP contribution >= 0.6 is 24.0 Å². The predicted molar refractivity (Wildman–Crippen MR) is 100.0 cm³/mol. The van der Waals surface area contributed by atoms with Crippen LogP contribution in [0.15, 0.2) is 41.3 Å². The molecule has 0 aliphatic carbocycles. The van der Waals surface area contributed by atoms with Crippen molar-refractivity contribution in [3.05, 3.63) is 64.1 Å². The normalized spacial score (nSPS) is 15.3. The van der Waals surface area contributed by atoms with Crippen LogP contribution in [-0.4, -0.2) is 17.3 Å². The molecule has 1 saturated heterocycles. The summed E-state index contributed by atoms with van der Waals surface area (Å²) in [5.41, 5.74) is 1.39.